The van der Waals surface area contributed by atoms with Crippen molar-refractivity contribution < 1.29 is 29.6 Å². The third-order valence-electron chi connectivity index (χ3n) is 4.63. The first-order valence-electron chi connectivity index (χ1n) is 9.98. The predicted octanol–water partition coefficient (Wildman–Crippen LogP) is 3.84. The molecule has 30 heavy (non-hydrogen) atoms. The van der Waals surface area contributed by atoms with Crippen molar-refractivity contribution in [3.63, 3.8) is 0 Å². The summed E-state index contributed by atoms with van der Waals surface area (Å²) >= 11 is 0. The molecule has 0 unspecified atom stereocenters. The van der Waals surface area contributed by atoms with Gasteiger partial charge in [0.1, 0.15) is 24.7 Å². The van der Waals surface area contributed by atoms with E-state index >= 15 is 0 Å². The molecule has 0 aliphatic heterocycles. The van der Waals surface area contributed by atoms with Crippen LogP contribution in [-0.4, -0.2) is 46.7 Å². The molecular formula is C24H32O6. The van der Waals surface area contributed by atoms with Crippen molar-refractivity contribution >= 4 is 11.6 Å². The number of aromatic hydroxyl groups is 1. The molecular weight excluding hydrogens is 384 g/mol. The Bertz CT molecular complexity index is 839. The number of aliphatic hydroxyl groups excluding tert-OH is 2. The van der Waals surface area contributed by atoms with Gasteiger partial charge in [0.2, 0.25) is 0 Å². The number of unbranched alkanes of at least 4 members (excludes halogenated alkanes) is 1. The second-order valence-corrected chi connectivity index (χ2v) is 7.26. The monoisotopic (exact) mass is 416 g/mol. The van der Waals surface area contributed by atoms with Crippen LogP contribution >= 0.6 is 0 Å². The summed E-state index contributed by atoms with van der Waals surface area (Å²) in [5, 5.41) is 26.9. The number of aliphatic hydroxyl groups is 2. The first-order chi connectivity index (χ1) is 14.2. The molecule has 0 atom stereocenters. The van der Waals surface area contributed by atoms with Gasteiger partial charge in [0, 0.05) is 11.1 Å². The summed E-state index contributed by atoms with van der Waals surface area (Å²) in [4.78, 5) is 22.5. The molecule has 0 aromatic heterocycles. The first kappa shape index (κ1) is 25.3. The van der Waals surface area contributed by atoms with E-state index in [1.54, 1.807) is 38.1 Å². The van der Waals surface area contributed by atoms with Gasteiger partial charge in [-0.25, -0.2) is 0 Å². The van der Waals surface area contributed by atoms with Gasteiger partial charge in [-0.2, -0.15) is 0 Å². The Hall–Kier alpha value is -2.70. The van der Waals surface area contributed by atoms with Crippen LogP contribution in [-0.2, 0) is 0 Å². The molecule has 0 bridgehead atoms. The molecule has 6 heteroatoms. The number of aryl methyl sites for hydroxylation is 4. The van der Waals surface area contributed by atoms with Crippen LogP contribution in [0.5, 0.6) is 11.5 Å². The van der Waals surface area contributed by atoms with E-state index in [0.717, 1.165) is 29.7 Å². The lowest BCUT2D eigenvalue weighted by Gasteiger charge is -2.13. The number of ether oxygens (including phenoxy) is 1. The Labute approximate surface area is 178 Å². The second-order valence-electron chi connectivity index (χ2n) is 7.26. The number of hydrogen-bond donors (Lipinski definition) is 3. The number of phenolic OH excluding ortho intramolecular Hbond substituents is 1. The van der Waals surface area contributed by atoms with E-state index in [1.807, 2.05) is 13.8 Å². The van der Waals surface area contributed by atoms with E-state index in [-0.39, 0.29) is 17.3 Å². The summed E-state index contributed by atoms with van der Waals surface area (Å²) in [6.07, 6.45) is 2.12. The summed E-state index contributed by atoms with van der Waals surface area (Å²) in [6.45, 7) is 9.15. The number of phenols is 1. The first-order valence-corrected chi connectivity index (χ1v) is 9.98. The number of ketones is 2. The lowest BCUT2D eigenvalue weighted by atomic mass is 10.0. The van der Waals surface area contributed by atoms with Crippen molar-refractivity contribution in [2.75, 3.05) is 19.8 Å². The summed E-state index contributed by atoms with van der Waals surface area (Å²) in [5.74, 6) is 0.477. The molecule has 2 aromatic rings. The van der Waals surface area contributed by atoms with Gasteiger partial charge >= 0.3 is 0 Å². The van der Waals surface area contributed by atoms with E-state index < -0.39 is 13.2 Å². The Morgan fingerprint density at radius 3 is 1.57 bits per heavy atom. The summed E-state index contributed by atoms with van der Waals surface area (Å²) in [6, 6.07) is 6.68. The Morgan fingerprint density at radius 2 is 1.20 bits per heavy atom. The van der Waals surface area contributed by atoms with Gasteiger partial charge < -0.3 is 20.1 Å². The van der Waals surface area contributed by atoms with Gasteiger partial charge in [-0.15, -0.1) is 0 Å². The van der Waals surface area contributed by atoms with Crippen molar-refractivity contribution in [3.8, 4) is 11.5 Å². The predicted molar refractivity (Wildman–Crippen MR) is 117 cm³/mol. The molecule has 0 saturated heterocycles. The molecule has 6 nitrogen and oxygen atoms in total. The molecule has 0 aliphatic carbocycles. The molecule has 3 N–H and O–H groups in total. The Morgan fingerprint density at radius 1 is 0.800 bits per heavy atom. The zero-order valence-electron chi connectivity index (χ0n) is 18.4. The van der Waals surface area contributed by atoms with Crippen molar-refractivity contribution in [3.05, 3.63) is 57.6 Å². The van der Waals surface area contributed by atoms with Crippen LogP contribution in [0.15, 0.2) is 24.3 Å². The fraction of sp³-hybridized carbons (Fsp3) is 0.417. The van der Waals surface area contributed by atoms with Gasteiger partial charge in [-0.3, -0.25) is 9.59 Å². The van der Waals surface area contributed by atoms with E-state index in [9.17, 15) is 14.7 Å². The topological polar surface area (TPSA) is 104 Å². The molecule has 0 fully saturated rings. The zero-order chi connectivity index (χ0) is 22.8. The normalized spacial score (nSPS) is 10.2. The number of carbonyl (C=O) groups excluding carboxylic acids is 2. The Balaban J connectivity index is 0.000000311. The average Bonchev–Trinajstić information content (AvgIpc) is 2.72. The van der Waals surface area contributed by atoms with E-state index in [4.69, 9.17) is 14.9 Å². The highest BCUT2D eigenvalue weighted by Gasteiger charge is 2.11. The lowest BCUT2D eigenvalue weighted by molar-refractivity contribution is 0.0898. The maximum absolute atomic E-state index is 11.4. The highest BCUT2D eigenvalue weighted by molar-refractivity contribution is 5.98. The number of benzene rings is 2. The smallest absolute Gasteiger partial charge is 0.188 e. The molecule has 0 amide bonds. The lowest BCUT2D eigenvalue weighted by Crippen LogP contribution is -2.07. The van der Waals surface area contributed by atoms with Gasteiger partial charge in [0.05, 0.1) is 6.61 Å². The molecule has 0 heterocycles. The van der Waals surface area contributed by atoms with Crippen LogP contribution in [0.3, 0.4) is 0 Å². The molecule has 0 radical (unpaired) electrons. The standard InChI is InChI=1S/C14H20O3.C10H12O3/c1-4-5-6-17-14-10(2)7-12(8-11(14)3)13(16)9-15;1-6-3-8(9(12)5-11)4-7(2)10(6)13/h7-8,15H,4-6,9H2,1-3H3;3-4,11,13H,5H2,1-2H3. The number of rotatable bonds is 8. The SMILES string of the molecule is CCCCOc1c(C)cc(C(=O)CO)cc1C.Cc1cc(C(=O)CO)cc(C)c1O. The number of hydrogen-bond acceptors (Lipinski definition) is 6. The number of carbonyl (C=O) groups is 2. The van der Waals surface area contributed by atoms with Crippen LogP contribution in [0.1, 0.15) is 62.7 Å². The fourth-order valence-corrected chi connectivity index (χ4v) is 2.96. The van der Waals surface area contributed by atoms with Crippen LogP contribution in [0, 0.1) is 27.7 Å². The fourth-order valence-electron chi connectivity index (χ4n) is 2.96. The average molecular weight is 417 g/mol. The second kappa shape index (κ2) is 12.1. The molecule has 0 spiro atoms. The highest BCUT2D eigenvalue weighted by Crippen LogP contribution is 2.25. The van der Waals surface area contributed by atoms with Gasteiger partial charge in [0.15, 0.2) is 11.6 Å². The highest BCUT2D eigenvalue weighted by atomic mass is 16.5. The van der Waals surface area contributed by atoms with Gasteiger partial charge in [-0.05, 0) is 80.6 Å². The zero-order valence-corrected chi connectivity index (χ0v) is 18.4. The summed E-state index contributed by atoms with van der Waals surface area (Å²) in [5.41, 5.74) is 4.17. The van der Waals surface area contributed by atoms with Crippen molar-refractivity contribution in [2.24, 2.45) is 0 Å². The van der Waals surface area contributed by atoms with Crippen molar-refractivity contribution in [1.29, 1.82) is 0 Å². The van der Waals surface area contributed by atoms with Crippen LogP contribution in [0.25, 0.3) is 0 Å². The summed E-state index contributed by atoms with van der Waals surface area (Å²) in [7, 11) is 0. The summed E-state index contributed by atoms with van der Waals surface area (Å²) < 4.78 is 5.70. The number of Topliss-reactive ketones (excluding diaryl/α,β-unsaturated/α-hetero) is 2. The third-order valence-corrected chi connectivity index (χ3v) is 4.63. The molecule has 0 saturated carbocycles. The van der Waals surface area contributed by atoms with E-state index in [1.165, 1.54) is 0 Å². The van der Waals surface area contributed by atoms with E-state index in [0.29, 0.717) is 28.9 Å². The van der Waals surface area contributed by atoms with E-state index in [2.05, 4.69) is 6.92 Å². The maximum Gasteiger partial charge on any atom is 0.188 e. The Kier molecular flexibility index (Phi) is 10.2. The van der Waals surface area contributed by atoms with Crippen molar-refractivity contribution in [1.82, 2.24) is 0 Å². The third kappa shape index (κ3) is 6.97. The molecule has 0 aliphatic rings. The minimum atomic E-state index is -0.496. The van der Waals surface area contributed by atoms with Gasteiger partial charge in [0.25, 0.3) is 0 Å². The molecule has 2 rings (SSSR count). The van der Waals surface area contributed by atoms with Crippen LogP contribution in [0.2, 0.25) is 0 Å². The quantitative estimate of drug-likeness (QED) is 0.446. The van der Waals surface area contributed by atoms with Crippen molar-refractivity contribution in [2.45, 2.75) is 47.5 Å². The van der Waals surface area contributed by atoms with Crippen LogP contribution < -0.4 is 4.74 Å². The minimum Gasteiger partial charge on any atom is -0.507 e. The van der Waals surface area contributed by atoms with Gasteiger partial charge in [-0.1, -0.05) is 13.3 Å². The maximum atomic E-state index is 11.4. The molecule has 2 aromatic carbocycles. The van der Waals surface area contributed by atoms with Crippen LogP contribution in [0.4, 0.5) is 0 Å². The minimum absolute atomic E-state index is 0.203. The largest absolute Gasteiger partial charge is 0.507 e. The molecule has 164 valence electrons.